The maximum Gasteiger partial charge on any atom is 0.349 e. The minimum Gasteiger partial charge on any atom is -0.497 e. The summed E-state index contributed by atoms with van der Waals surface area (Å²) in [5.41, 5.74) is 1.84. The van der Waals surface area contributed by atoms with Gasteiger partial charge in [0.05, 0.1) is 19.1 Å². The van der Waals surface area contributed by atoms with Crippen LogP contribution in [0.3, 0.4) is 0 Å². The second-order valence-corrected chi connectivity index (χ2v) is 8.45. The van der Waals surface area contributed by atoms with Crippen molar-refractivity contribution in [3.63, 3.8) is 0 Å². The molecular weight excluding hydrogens is 475 g/mol. The number of aryl methyl sites for hydroxylation is 1. The van der Waals surface area contributed by atoms with Gasteiger partial charge in [0.25, 0.3) is 5.91 Å². The van der Waals surface area contributed by atoms with Gasteiger partial charge in [0.2, 0.25) is 0 Å². The van der Waals surface area contributed by atoms with Gasteiger partial charge in [0.15, 0.2) is 0 Å². The van der Waals surface area contributed by atoms with Crippen molar-refractivity contribution in [2.75, 3.05) is 12.4 Å². The molecule has 170 valence electrons. The van der Waals surface area contributed by atoms with E-state index in [0.717, 1.165) is 5.56 Å². The Hall–Kier alpha value is -3.79. The van der Waals surface area contributed by atoms with Crippen molar-refractivity contribution in [1.82, 2.24) is 0 Å². The van der Waals surface area contributed by atoms with Crippen molar-refractivity contribution in [3.05, 3.63) is 103 Å². The van der Waals surface area contributed by atoms with E-state index in [1.165, 1.54) is 13.2 Å². The number of amides is 1. The van der Waals surface area contributed by atoms with Gasteiger partial charge in [-0.3, -0.25) is 4.79 Å². The van der Waals surface area contributed by atoms with Crippen molar-refractivity contribution in [2.24, 2.45) is 0 Å². The van der Waals surface area contributed by atoms with E-state index in [9.17, 15) is 14.9 Å². The molecule has 34 heavy (non-hydrogen) atoms. The van der Waals surface area contributed by atoms with E-state index in [4.69, 9.17) is 32.4 Å². The molecule has 0 aliphatic carbocycles. The number of nitriles is 1. The van der Waals surface area contributed by atoms with Gasteiger partial charge >= 0.3 is 5.63 Å². The summed E-state index contributed by atoms with van der Waals surface area (Å²) < 4.78 is 10.4. The normalized spacial score (nSPS) is 11.6. The van der Waals surface area contributed by atoms with Gasteiger partial charge in [0.1, 0.15) is 16.9 Å². The third kappa shape index (κ3) is 4.62. The molecule has 0 aliphatic heterocycles. The van der Waals surface area contributed by atoms with E-state index in [2.05, 4.69) is 11.4 Å². The molecule has 1 N–H and O–H groups in total. The highest BCUT2D eigenvalue weighted by atomic mass is 35.5. The zero-order valence-corrected chi connectivity index (χ0v) is 19.7. The van der Waals surface area contributed by atoms with Crippen LogP contribution in [0.1, 0.15) is 33.0 Å². The second kappa shape index (κ2) is 9.60. The fraction of sp³-hybridized carbons (Fsp3) is 0.115. The molecule has 1 unspecified atom stereocenters. The minimum atomic E-state index is -0.772. The van der Waals surface area contributed by atoms with E-state index in [0.29, 0.717) is 43.6 Å². The summed E-state index contributed by atoms with van der Waals surface area (Å²) in [6, 6.07) is 19.0. The molecule has 4 aromatic rings. The number of nitrogens with zero attached hydrogens (tertiary/aromatic N) is 1. The summed E-state index contributed by atoms with van der Waals surface area (Å²) in [5.74, 6) is -0.710. The maximum absolute atomic E-state index is 12.9. The first-order chi connectivity index (χ1) is 16.3. The largest absolute Gasteiger partial charge is 0.497 e. The molecule has 0 saturated heterocycles. The molecule has 0 bridgehead atoms. The Kier molecular flexibility index (Phi) is 6.60. The summed E-state index contributed by atoms with van der Waals surface area (Å²) in [4.78, 5) is 25.3. The minimum absolute atomic E-state index is 0.145. The average Bonchev–Trinajstić information content (AvgIpc) is 2.82. The Morgan fingerprint density at radius 3 is 2.50 bits per heavy atom. The molecule has 1 atom stereocenters. The first-order valence-electron chi connectivity index (χ1n) is 10.2. The second-order valence-electron chi connectivity index (χ2n) is 7.61. The Bertz CT molecular complexity index is 1500. The summed E-state index contributed by atoms with van der Waals surface area (Å²) in [6.07, 6.45) is 0. The summed E-state index contributed by atoms with van der Waals surface area (Å²) in [6.45, 7) is 1.78. The molecule has 0 fully saturated rings. The molecule has 3 aromatic carbocycles. The van der Waals surface area contributed by atoms with E-state index in [1.807, 2.05) is 0 Å². The van der Waals surface area contributed by atoms with Crippen LogP contribution in [0.5, 0.6) is 5.75 Å². The Morgan fingerprint density at radius 1 is 1.09 bits per heavy atom. The number of benzene rings is 3. The lowest BCUT2D eigenvalue weighted by molar-refractivity contribution is 0.102. The van der Waals surface area contributed by atoms with Crippen LogP contribution in [0.15, 0.2) is 69.9 Å². The molecule has 1 amide bonds. The zero-order valence-electron chi connectivity index (χ0n) is 18.2. The molecule has 8 heteroatoms. The van der Waals surface area contributed by atoms with Crippen molar-refractivity contribution in [1.29, 1.82) is 5.26 Å². The highest BCUT2D eigenvalue weighted by Crippen LogP contribution is 2.34. The van der Waals surface area contributed by atoms with Crippen molar-refractivity contribution < 1.29 is 13.9 Å². The quantitative estimate of drug-likeness (QED) is 0.328. The van der Waals surface area contributed by atoms with Crippen LogP contribution in [-0.2, 0) is 0 Å². The highest BCUT2D eigenvalue weighted by Gasteiger charge is 2.20. The van der Waals surface area contributed by atoms with Crippen molar-refractivity contribution >= 4 is 45.8 Å². The summed E-state index contributed by atoms with van der Waals surface area (Å²) in [7, 11) is 1.51. The monoisotopic (exact) mass is 492 g/mol. The fourth-order valence-corrected chi connectivity index (χ4v) is 4.00. The Balaban J connectivity index is 1.64. The number of nitrogens with one attached hydrogen (secondary N) is 1. The van der Waals surface area contributed by atoms with Gasteiger partial charge in [-0.05, 0) is 60.0 Å². The van der Waals surface area contributed by atoms with Crippen LogP contribution in [-0.4, -0.2) is 13.0 Å². The van der Waals surface area contributed by atoms with Gasteiger partial charge in [-0.15, -0.1) is 0 Å². The third-order valence-corrected chi connectivity index (χ3v) is 6.00. The van der Waals surface area contributed by atoms with E-state index in [-0.39, 0.29) is 5.56 Å². The Morgan fingerprint density at radius 2 is 1.82 bits per heavy atom. The number of carbonyl (C=O) groups is 1. The van der Waals surface area contributed by atoms with Crippen molar-refractivity contribution in [3.8, 4) is 11.8 Å². The number of fused-ring (bicyclic) bond motifs is 1. The number of hydrogen-bond donors (Lipinski definition) is 1. The standard InChI is InChI=1S/C26H18Cl2N2O4/c1-14-9-19(21(13-29)15-3-6-17(27)7-4-15)22(28)12-23(14)30-25(31)20-10-16-5-8-18(33-2)11-24(16)34-26(20)32/h3-12,21H,1-2H3,(H,30,31). The van der Waals surface area contributed by atoms with Gasteiger partial charge < -0.3 is 14.5 Å². The lowest BCUT2D eigenvalue weighted by Crippen LogP contribution is -2.21. The molecule has 0 saturated carbocycles. The fourth-order valence-electron chi connectivity index (χ4n) is 3.61. The average molecular weight is 493 g/mol. The first kappa shape index (κ1) is 23.4. The van der Waals surface area contributed by atoms with Crippen LogP contribution in [0.25, 0.3) is 11.0 Å². The topological polar surface area (TPSA) is 92.3 Å². The Labute approximate surface area is 205 Å². The number of ether oxygens (including phenoxy) is 1. The number of rotatable bonds is 5. The smallest absolute Gasteiger partial charge is 0.349 e. The van der Waals surface area contributed by atoms with Crippen LogP contribution in [0.2, 0.25) is 10.0 Å². The van der Waals surface area contributed by atoms with Gasteiger partial charge in [-0.1, -0.05) is 41.4 Å². The first-order valence-corrected chi connectivity index (χ1v) is 10.9. The van der Waals surface area contributed by atoms with Crippen LogP contribution in [0.4, 0.5) is 5.69 Å². The third-order valence-electron chi connectivity index (χ3n) is 5.42. The number of anilines is 1. The number of halogens is 2. The van der Waals surface area contributed by atoms with Gasteiger partial charge in [-0.2, -0.15) is 5.26 Å². The highest BCUT2D eigenvalue weighted by molar-refractivity contribution is 6.32. The maximum atomic E-state index is 12.9. The van der Waals surface area contributed by atoms with Gasteiger partial charge in [-0.25, -0.2) is 4.79 Å². The molecular formula is C26H18Cl2N2O4. The van der Waals surface area contributed by atoms with Gasteiger partial charge in [0, 0.05) is 27.2 Å². The lowest BCUT2D eigenvalue weighted by Gasteiger charge is -2.16. The van der Waals surface area contributed by atoms with Crippen LogP contribution in [0, 0.1) is 18.3 Å². The lowest BCUT2D eigenvalue weighted by atomic mass is 9.91. The molecule has 6 nitrogen and oxygen atoms in total. The SMILES string of the molecule is COc1ccc2cc(C(=O)Nc3cc(Cl)c(C(C#N)c4ccc(Cl)cc4)cc3C)c(=O)oc2c1. The summed E-state index contributed by atoms with van der Waals surface area (Å²) in [5, 5.41) is 13.9. The number of methoxy groups -OCH3 is 1. The molecule has 0 radical (unpaired) electrons. The molecule has 1 aromatic heterocycles. The molecule has 1 heterocycles. The van der Waals surface area contributed by atoms with Crippen LogP contribution >= 0.6 is 23.2 Å². The van der Waals surface area contributed by atoms with Crippen LogP contribution < -0.4 is 15.7 Å². The van der Waals surface area contributed by atoms with E-state index < -0.39 is 17.5 Å². The van der Waals surface area contributed by atoms with E-state index in [1.54, 1.807) is 61.5 Å². The summed E-state index contributed by atoms with van der Waals surface area (Å²) >= 11 is 12.5. The molecule has 0 spiro atoms. The predicted molar refractivity (Wildman–Crippen MR) is 132 cm³/mol. The van der Waals surface area contributed by atoms with Crippen molar-refractivity contribution in [2.45, 2.75) is 12.8 Å². The number of carbonyl (C=O) groups excluding carboxylic acids is 1. The molecule has 0 aliphatic rings. The zero-order chi connectivity index (χ0) is 24.4. The van der Waals surface area contributed by atoms with E-state index >= 15 is 0 Å². The molecule has 4 rings (SSSR count). The number of hydrogen-bond acceptors (Lipinski definition) is 5. The predicted octanol–water partition coefficient (Wildman–Crippen LogP) is 6.32.